The van der Waals surface area contributed by atoms with Gasteiger partial charge in [-0.25, -0.2) is 9.59 Å². The number of piperidine rings is 1. The zero-order chi connectivity index (χ0) is 22.9. The third kappa shape index (κ3) is 6.70. The molecule has 0 unspecified atom stereocenters. The molecule has 4 rings (SSSR count). The van der Waals surface area contributed by atoms with Crippen LogP contribution in [0.3, 0.4) is 0 Å². The van der Waals surface area contributed by atoms with Crippen LogP contribution in [0.15, 0.2) is 48.5 Å². The molecule has 8 nitrogen and oxygen atoms in total. The number of carbonyl (C=O) groups is 2. The highest BCUT2D eigenvalue weighted by molar-refractivity contribution is 6.27. The summed E-state index contributed by atoms with van der Waals surface area (Å²) in [4.78, 5) is 23.4. The van der Waals surface area contributed by atoms with Crippen LogP contribution in [-0.2, 0) is 22.7 Å². The number of benzene rings is 2. The largest absolute Gasteiger partial charge is 0.473 e. The number of rotatable bonds is 6. The van der Waals surface area contributed by atoms with E-state index in [0.29, 0.717) is 12.8 Å². The van der Waals surface area contributed by atoms with E-state index in [-0.39, 0.29) is 0 Å². The molecule has 32 heavy (non-hydrogen) atoms. The van der Waals surface area contributed by atoms with Gasteiger partial charge in [-0.3, -0.25) is 9.80 Å². The highest BCUT2D eigenvalue weighted by Gasteiger charge is 2.24. The molecule has 8 heteroatoms. The van der Waals surface area contributed by atoms with Crippen LogP contribution in [0.5, 0.6) is 11.5 Å². The van der Waals surface area contributed by atoms with E-state index >= 15 is 0 Å². The first-order valence-electron chi connectivity index (χ1n) is 10.8. The van der Waals surface area contributed by atoms with Crippen LogP contribution < -0.4 is 9.47 Å². The van der Waals surface area contributed by atoms with Crippen LogP contribution in [-0.4, -0.2) is 64.4 Å². The molecule has 2 aromatic carbocycles. The third-order valence-corrected chi connectivity index (χ3v) is 5.73. The predicted octanol–water partition coefficient (Wildman–Crippen LogP) is 3.06. The fraction of sp³-hybridized carbons (Fsp3) is 0.417. The lowest BCUT2D eigenvalue weighted by Gasteiger charge is -2.38. The smallest absolute Gasteiger partial charge is 0.414 e. The topological polar surface area (TPSA) is 99.5 Å². The van der Waals surface area contributed by atoms with E-state index in [2.05, 4.69) is 59.2 Å². The summed E-state index contributed by atoms with van der Waals surface area (Å²) in [5, 5.41) is 14.8. The lowest BCUT2D eigenvalue weighted by atomic mass is 10.0. The van der Waals surface area contributed by atoms with E-state index in [1.165, 1.54) is 24.0 Å². The maximum absolute atomic E-state index is 9.10. The van der Waals surface area contributed by atoms with Crippen molar-refractivity contribution in [2.75, 3.05) is 26.4 Å². The molecular formula is C24H30N2O6. The minimum absolute atomic E-state index is 0.346. The van der Waals surface area contributed by atoms with E-state index < -0.39 is 11.9 Å². The van der Waals surface area contributed by atoms with Gasteiger partial charge in [0.1, 0.15) is 0 Å². The monoisotopic (exact) mass is 442 g/mol. The summed E-state index contributed by atoms with van der Waals surface area (Å²) in [6, 6.07) is 17.8. The van der Waals surface area contributed by atoms with Gasteiger partial charge in [0.2, 0.25) is 6.79 Å². The Bertz CT molecular complexity index is 885. The number of hydrogen-bond acceptors (Lipinski definition) is 6. The van der Waals surface area contributed by atoms with Crippen molar-refractivity contribution in [2.24, 2.45) is 0 Å². The molecule has 0 atom stereocenters. The Balaban J connectivity index is 0.000000427. The summed E-state index contributed by atoms with van der Waals surface area (Å²) in [6.07, 6.45) is 2.48. The summed E-state index contributed by atoms with van der Waals surface area (Å²) in [5.74, 6) is -1.89. The number of hydrogen-bond donors (Lipinski definition) is 2. The molecular weight excluding hydrogens is 412 g/mol. The van der Waals surface area contributed by atoms with Gasteiger partial charge < -0.3 is 19.7 Å². The average molecular weight is 443 g/mol. The second-order valence-electron chi connectivity index (χ2n) is 7.85. The van der Waals surface area contributed by atoms with E-state index in [9.17, 15) is 0 Å². The number of likely N-dealkylation sites (tertiary alicyclic amines) is 1. The SMILES string of the molecule is CCN(Cc1ccccc1)C1CCN(Cc2ccc3c(c2)OCO3)CC1.O=C(O)C(=O)O. The van der Waals surface area contributed by atoms with Crippen LogP contribution in [0.2, 0.25) is 0 Å². The van der Waals surface area contributed by atoms with Crippen molar-refractivity contribution in [1.29, 1.82) is 0 Å². The molecule has 2 aliphatic rings. The Hall–Kier alpha value is -3.10. The van der Waals surface area contributed by atoms with Crippen molar-refractivity contribution in [2.45, 2.75) is 38.9 Å². The lowest BCUT2D eigenvalue weighted by molar-refractivity contribution is -0.159. The summed E-state index contributed by atoms with van der Waals surface area (Å²) >= 11 is 0. The van der Waals surface area contributed by atoms with Gasteiger partial charge in [-0.15, -0.1) is 0 Å². The molecule has 0 bridgehead atoms. The average Bonchev–Trinajstić information content (AvgIpc) is 3.27. The van der Waals surface area contributed by atoms with Gasteiger partial charge in [0.05, 0.1) is 0 Å². The molecule has 0 amide bonds. The first-order valence-corrected chi connectivity index (χ1v) is 10.8. The maximum atomic E-state index is 9.10. The summed E-state index contributed by atoms with van der Waals surface area (Å²) < 4.78 is 10.9. The fourth-order valence-corrected chi connectivity index (χ4v) is 4.06. The van der Waals surface area contributed by atoms with Crippen LogP contribution in [0.4, 0.5) is 0 Å². The Morgan fingerprint density at radius 2 is 1.62 bits per heavy atom. The highest BCUT2D eigenvalue weighted by Crippen LogP contribution is 2.33. The van der Waals surface area contributed by atoms with Crippen LogP contribution in [0, 0.1) is 0 Å². The molecule has 0 saturated carbocycles. The van der Waals surface area contributed by atoms with Gasteiger partial charge in [-0.1, -0.05) is 43.3 Å². The van der Waals surface area contributed by atoms with Crippen molar-refractivity contribution in [3.63, 3.8) is 0 Å². The third-order valence-electron chi connectivity index (χ3n) is 5.73. The van der Waals surface area contributed by atoms with Crippen molar-refractivity contribution in [3.8, 4) is 11.5 Å². The fourth-order valence-electron chi connectivity index (χ4n) is 4.06. The summed E-state index contributed by atoms with van der Waals surface area (Å²) in [7, 11) is 0. The van der Waals surface area contributed by atoms with Gasteiger partial charge in [0.15, 0.2) is 11.5 Å². The number of ether oxygens (including phenoxy) is 2. The predicted molar refractivity (Wildman–Crippen MR) is 119 cm³/mol. The van der Waals surface area contributed by atoms with Gasteiger partial charge >= 0.3 is 11.9 Å². The van der Waals surface area contributed by atoms with Crippen molar-refractivity contribution < 1.29 is 29.3 Å². The van der Waals surface area contributed by atoms with E-state index in [1.807, 2.05) is 6.07 Å². The van der Waals surface area contributed by atoms with E-state index in [0.717, 1.165) is 44.2 Å². The molecule has 0 aromatic heterocycles. The van der Waals surface area contributed by atoms with Gasteiger partial charge in [0, 0.05) is 19.1 Å². The molecule has 2 N–H and O–H groups in total. The number of carboxylic acid groups (broad SMARTS) is 2. The van der Waals surface area contributed by atoms with Crippen molar-refractivity contribution in [3.05, 3.63) is 59.7 Å². The zero-order valence-electron chi connectivity index (χ0n) is 18.3. The molecule has 1 saturated heterocycles. The first-order chi connectivity index (χ1) is 15.5. The quantitative estimate of drug-likeness (QED) is 0.659. The number of fused-ring (bicyclic) bond motifs is 1. The normalized spacial score (nSPS) is 15.8. The van der Waals surface area contributed by atoms with Crippen LogP contribution in [0.1, 0.15) is 30.9 Å². The van der Waals surface area contributed by atoms with Gasteiger partial charge in [-0.2, -0.15) is 0 Å². The highest BCUT2D eigenvalue weighted by atomic mass is 16.7. The van der Waals surface area contributed by atoms with E-state index in [4.69, 9.17) is 29.3 Å². The number of nitrogens with zero attached hydrogens (tertiary/aromatic N) is 2. The Morgan fingerprint density at radius 1 is 0.969 bits per heavy atom. The molecule has 0 spiro atoms. The Labute approximate surface area is 188 Å². The zero-order valence-corrected chi connectivity index (χ0v) is 18.3. The second-order valence-corrected chi connectivity index (χ2v) is 7.85. The molecule has 0 aliphatic carbocycles. The first kappa shape index (κ1) is 23.6. The molecule has 2 aromatic rings. The Kier molecular flexibility index (Phi) is 8.47. The standard InChI is InChI=1S/C22H28N2O2.C2H2O4/c1-2-24(16-18-6-4-3-5-7-18)20-10-12-23(13-11-20)15-19-8-9-21-22(14-19)26-17-25-21;3-1(4)2(5)6/h3-9,14,20H,2,10-13,15-17H2,1H3;(H,3,4)(H,5,6). The van der Waals surface area contributed by atoms with Crippen LogP contribution >= 0.6 is 0 Å². The molecule has 172 valence electrons. The maximum Gasteiger partial charge on any atom is 0.414 e. The number of aliphatic carboxylic acids is 2. The van der Waals surface area contributed by atoms with Crippen LogP contribution in [0.25, 0.3) is 0 Å². The van der Waals surface area contributed by atoms with Crippen molar-refractivity contribution in [1.82, 2.24) is 9.80 Å². The lowest BCUT2D eigenvalue weighted by Crippen LogP contribution is -2.44. The van der Waals surface area contributed by atoms with E-state index in [1.54, 1.807) is 0 Å². The Morgan fingerprint density at radius 3 is 2.25 bits per heavy atom. The van der Waals surface area contributed by atoms with Gasteiger partial charge in [-0.05, 0) is 55.7 Å². The molecule has 1 fully saturated rings. The number of carboxylic acids is 2. The molecule has 2 heterocycles. The summed E-state index contributed by atoms with van der Waals surface area (Å²) in [6.45, 7) is 8.11. The minimum Gasteiger partial charge on any atom is -0.473 e. The summed E-state index contributed by atoms with van der Waals surface area (Å²) in [5.41, 5.74) is 2.72. The van der Waals surface area contributed by atoms with Gasteiger partial charge in [0.25, 0.3) is 0 Å². The molecule has 0 radical (unpaired) electrons. The minimum atomic E-state index is -1.82. The molecule has 2 aliphatic heterocycles. The second kappa shape index (κ2) is 11.5. The van der Waals surface area contributed by atoms with Crippen molar-refractivity contribution >= 4 is 11.9 Å².